The minimum Gasteiger partial charge on any atom is -0.314 e. The van der Waals surface area contributed by atoms with Crippen LogP contribution in [0, 0.1) is 5.41 Å². The van der Waals surface area contributed by atoms with Crippen LogP contribution in [0.1, 0.15) is 54.9 Å². The third kappa shape index (κ3) is 6.49. The minimum absolute atomic E-state index is 0.351. The normalized spacial score (nSPS) is 14.8. The lowest BCUT2D eigenvalue weighted by molar-refractivity contribution is 0.137. The van der Waals surface area contributed by atoms with Crippen molar-refractivity contribution in [2.24, 2.45) is 5.41 Å². The quantitative estimate of drug-likeness (QED) is 0.686. The molecule has 16 heavy (non-hydrogen) atoms. The van der Waals surface area contributed by atoms with E-state index < -0.39 is 0 Å². The smallest absolute Gasteiger partial charge is 0.00644 e. The van der Waals surface area contributed by atoms with Crippen LogP contribution in [-0.4, -0.2) is 36.6 Å². The minimum atomic E-state index is 0.351. The summed E-state index contributed by atoms with van der Waals surface area (Å²) in [5.74, 6) is 0. The van der Waals surface area contributed by atoms with Gasteiger partial charge >= 0.3 is 0 Å². The van der Waals surface area contributed by atoms with Crippen LogP contribution in [0.2, 0.25) is 0 Å². The third-order valence-electron chi connectivity index (χ3n) is 3.24. The van der Waals surface area contributed by atoms with Gasteiger partial charge < -0.3 is 10.2 Å². The lowest BCUT2D eigenvalue weighted by Crippen LogP contribution is -2.45. The van der Waals surface area contributed by atoms with Gasteiger partial charge in [-0.25, -0.2) is 0 Å². The van der Waals surface area contributed by atoms with Gasteiger partial charge in [0, 0.05) is 25.2 Å². The van der Waals surface area contributed by atoms with Gasteiger partial charge in [0.1, 0.15) is 0 Å². The van der Waals surface area contributed by atoms with Crippen molar-refractivity contribution in [1.29, 1.82) is 0 Å². The van der Waals surface area contributed by atoms with Gasteiger partial charge in [-0.05, 0) is 25.3 Å². The highest BCUT2D eigenvalue weighted by atomic mass is 15.2. The van der Waals surface area contributed by atoms with Crippen LogP contribution in [0.25, 0.3) is 0 Å². The topological polar surface area (TPSA) is 15.3 Å². The largest absolute Gasteiger partial charge is 0.314 e. The van der Waals surface area contributed by atoms with Crippen molar-refractivity contribution in [1.82, 2.24) is 10.2 Å². The van der Waals surface area contributed by atoms with E-state index in [1.54, 1.807) is 0 Å². The second-order valence-electron chi connectivity index (χ2n) is 6.02. The molecular weight excluding hydrogens is 196 g/mol. The molecule has 2 heteroatoms. The van der Waals surface area contributed by atoms with E-state index in [0.717, 1.165) is 13.1 Å². The highest BCUT2D eigenvalue weighted by molar-refractivity contribution is 4.79. The molecule has 0 aromatic heterocycles. The fourth-order valence-electron chi connectivity index (χ4n) is 1.92. The van der Waals surface area contributed by atoms with Gasteiger partial charge in [0.05, 0.1) is 0 Å². The average Bonchev–Trinajstić information content (AvgIpc) is 2.22. The van der Waals surface area contributed by atoms with E-state index in [2.05, 4.69) is 58.7 Å². The molecule has 0 aliphatic heterocycles. The molecule has 0 saturated heterocycles. The summed E-state index contributed by atoms with van der Waals surface area (Å²) in [4.78, 5) is 2.59. The van der Waals surface area contributed by atoms with E-state index in [0.29, 0.717) is 17.5 Å². The number of nitrogens with one attached hydrogen (secondary N) is 1. The molecule has 0 aliphatic rings. The predicted octanol–water partition coefficient (Wildman–Crippen LogP) is 3.13. The Kier molecular flexibility index (Phi) is 7.25. The summed E-state index contributed by atoms with van der Waals surface area (Å²) >= 11 is 0. The van der Waals surface area contributed by atoms with Gasteiger partial charge in [0.25, 0.3) is 0 Å². The molecule has 0 rings (SSSR count). The molecule has 0 fully saturated rings. The zero-order chi connectivity index (χ0) is 12.8. The molecule has 98 valence electrons. The van der Waals surface area contributed by atoms with Crippen molar-refractivity contribution in [3.63, 3.8) is 0 Å². The second-order valence-corrected chi connectivity index (χ2v) is 6.02. The van der Waals surface area contributed by atoms with Crippen molar-refractivity contribution < 1.29 is 0 Å². The highest BCUT2D eigenvalue weighted by Crippen LogP contribution is 2.18. The zero-order valence-corrected chi connectivity index (χ0v) is 12.4. The van der Waals surface area contributed by atoms with Crippen molar-refractivity contribution in [3.8, 4) is 0 Å². The fraction of sp³-hybridized carbons (Fsp3) is 1.00. The lowest BCUT2D eigenvalue weighted by Gasteiger charge is -2.36. The maximum Gasteiger partial charge on any atom is 0.00644 e. The number of hydrogen-bond donors (Lipinski definition) is 1. The van der Waals surface area contributed by atoms with Crippen LogP contribution >= 0.6 is 0 Å². The molecule has 0 radical (unpaired) electrons. The molecule has 0 aromatic carbocycles. The van der Waals surface area contributed by atoms with Crippen LogP contribution in [0.15, 0.2) is 0 Å². The Bertz CT molecular complexity index is 176. The van der Waals surface area contributed by atoms with E-state index in [9.17, 15) is 0 Å². The molecule has 1 unspecified atom stereocenters. The van der Waals surface area contributed by atoms with Crippen LogP contribution in [0.3, 0.4) is 0 Å². The molecule has 2 nitrogen and oxygen atoms in total. The molecule has 0 aliphatic carbocycles. The summed E-state index contributed by atoms with van der Waals surface area (Å²) in [7, 11) is 0. The zero-order valence-electron chi connectivity index (χ0n) is 12.4. The molecule has 0 spiro atoms. The van der Waals surface area contributed by atoms with Gasteiger partial charge in [0.2, 0.25) is 0 Å². The Morgan fingerprint density at radius 2 is 1.69 bits per heavy atom. The van der Waals surface area contributed by atoms with Crippen molar-refractivity contribution in [2.75, 3.05) is 19.6 Å². The van der Waals surface area contributed by atoms with E-state index in [4.69, 9.17) is 0 Å². The maximum atomic E-state index is 3.55. The number of nitrogens with zero attached hydrogens (tertiary/aromatic N) is 1. The second kappa shape index (κ2) is 7.29. The van der Waals surface area contributed by atoms with E-state index >= 15 is 0 Å². The van der Waals surface area contributed by atoms with E-state index in [-0.39, 0.29) is 0 Å². The van der Waals surface area contributed by atoms with Crippen LogP contribution in [0.4, 0.5) is 0 Å². The molecule has 0 heterocycles. The third-order valence-corrected chi connectivity index (χ3v) is 3.24. The Hall–Kier alpha value is -0.0800. The Labute approximate surface area is 103 Å². The van der Waals surface area contributed by atoms with Gasteiger partial charge in [-0.1, -0.05) is 41.5 Å². The molecule has 1 N–H and O–H groups in total. The molecular formula is C14H32N2. The molecule has 0 aromatic rings. The first-order valence-electron chi connectivity index (χ1n) is 6.79. The summed E-state index contributed by atoms with van der Waals surface area (Å²) in [6, 6.07) is 1.28. The van der Waals surface area contributed by atoms with Crippen LogP contribution in [0.5, 0.6) is 0 Å². The van der Waals surface area contributed by atoms with E-state index in [1.165, 1.54) is 13.0 Å². The highest BCUT2D eigenvalue weighted by Gasteiger charge is 2.23. The summed E-state index contributed by atoms with van der Waals surface area (Å²) in [6.07, 6.45) is 1.24. The summed E-state index contributed by atoms with van der Waals surface area (Å²) in [6.45, 7) is 19.4. The monoisotopic (exact) mass is 228 g/mol. The molecule has 0 bridgehead atoms. The predicted molar refractivity (Wildman–Crippen MR) is 73.9 cm³/mol. The first-order chi connectivity index (χ1) is 7.32. The van der Waals surface area contributed by atoms with Gasteiger partial charge in [0.15, 0.2) is 0 Å². The summed E-state index contributed by atoms with van der Waals surface area (Å²) < 4.78 is 0. The SMILES string of the molecule is CCC(C)N(CC)CC(C)(C)CNC(C)C. The summed E-state index contributed by atoms with van der Waals surface area (Å²) in [5, 5.41) is 3.55. The van der Waals surface area contributed by atoms with Gasteiger partial charge in [-0.3, -0.25) is 0 Å². The maximum absolute atomic E-state index is 3.55. The first-order valence-corrected chi connectivity index (χ1v) is 6.79. The van der Waals surface area contributed by atoms with Crippen LogP contribution < -0.4 is 5.32 Å². The van der Waals surface area contributed by atoms with Crippen molar-refractivity contribution >= 4 is 0 Å². The molecule has 0 saturated carbocycles. The van der Waals surface area contributed by atoms with E-state index in [1.807, 2.05) is 0 Å². The van der Waals surface area contributed by atoms with Gasteiger partial charge in [-0.15, -0.1) is 0 Å². The molecule has 0 amide bonds. The molecule has 1 atom stereocenters. The fourth-order valence-corrected chi connectivity index (χ4v) is 1.92. The number of hydrogen-bond acceptors (Lipinski definition) is 2. The Morgan fingerprint density at radius 3 is 2.06 bits per heavy atom. The van der Waals surface area contributed by atoms with Crippen molar-refractivity contribution in [2.45, 2.75) is 67.0 Å². The van der Waals surface area contributed by atoms with Crippen LogP contribution in [-0.2, 0) is 0 Å². The van der Waals surface area contributed by atoms with Gasteiger partial charge in [-0.2, -0.15) is 0 Å². The Morgan fingerprint density at radius 1 is 1.12 bits per heavy atom. The Balaban J connectivity index is 4.19. The van der Waals surface area contributed by atoms with Crippen molar-refractivity contribution in [3.05, 3.63) is 0 Å². The number of rotatable bonds is 8. The average molecular weight is 228 g/mol. The first kappa shape index (κ1) is 15.9. The lowest BCUT2D eigenvalue weighted by atomic mass is 9.91. The standard InChI is InChI=1S/C14H32N2/c1-8-13(5)16(9-2)11-14(6,7)10-15-12(3)4/h12-13,15H,8-11H2,1-7H3. The summed E-state index contributed by atoms with van der Waals surface area (Å²) in [5.41, 5.74) is 0.351.